The molecule has 3 rings (SSSR count). The molecule has 8 nitrogen and oxygen atoms in total. The van der Waals surface area contributed by atoms with Crippen LogP contribution in [0.3, 0.4) is 0 Å². The van der Waals surface area contributed by atoms with Crippen molar-refractivity contribution in [1.82, 2.24) is 24.9 Å². The lowest BCUT2D eigenvalue weighted by Gasteiger charge is -2.38. The molecule has 0 aromatic carbocycles. The second-order valence-electron chi connectivity index (χ2n) is 8.23. The Balaban J connectivity index is 1.47. The number of morpholine rings is 1. The third kappa shape index (κ3) is 6.55. The number of amides is 1. The average molecular weight is 409 g/mol. The number of carbonyl (C=O) groups excluding carboxylic acids is 1. The summed E-state index contributed by atoms with van der Waals surface area (Å²) in [7, 11) is 0. The summed E-state index contributed by atoms with van der Waals surface area (Å²) >= 11 is 0. The van der Waals surface area contributed by atoms with Gasteiger partial charge in [-0.25, -0.2) is 0 Å². The van der Waals surface area contributed by atoms with Gasteiger partial charge in [0.1, 0.15) is 0 Å². The second kappa shape index (κ2) is 11.7. The molecule has 166 valence electrons. The molecule has 3 heterocycles. The normalized spacial score (nSPS) is 25.3. The molecule has 1 atom stereocenters. The van der Waals surface area contributed by atoms with Gasteiger partial charge in [-0.3, -0.25) is 19.6 Å². The van der Waals surface area contributed by atoms with E-state index in [1.54, 1.807) is 0 Å². The molecule has 0 aromatic rings. The first-order valence-electron chi connectivity index (χ1n) is 11.6. The number of hydrogen-bond donors (Lipinski definition) is 1. The fraction of sp³-hybridized carbons (Fsp3) is 0.905. The van der Waals surface area contributed by atoms with Gasteiger partial charge in [0.05, 0.1) is 26.3 Å². The highest BCUT2D eigenvalue weighted by Gasteiger charge is 2.25. The van der Waals surface area contributed by atoms with E-state index >= 15 is 0 Å². The monoisotopic (exact) mass is 408 g/mol. The van der Waals surface area contributed by atoms with Gasteiger partial charge < -0.3 is 19.9 Å². The van der Waals surface area contributed by atoms with Crippen LogP contribution < -0.4 is 5.32 Å². The molecule has 3 fully saturated rings. The van der Waals surface area contributed by atoms with Crippen molar-refractivity contribution in [3.05, 3.63) is 0 Å². The fourth-order valence-corrected chi connectivity index (χ4v) is 4.52. The number of rotatable bonds is 6. The maximum Gasteiger partial charge on any atom is 0.236 e. The van der Waals surface area contributed by atoms with Crippen LogP contribution in [0.4, 0.5) is 0 Å². The molecule has 0 bridgehead atoms. The van der Waals surface area contributed by atoms with E-state index in [0.717, 1.165) is 64.9 Å². The summed E-state index contributed by atoms with van der Waals surface area (Å²) in [6.45, 7) is 15.4. The summed E-state index contributed by atoms with van der Waals surface area (Å²) in [5.74, 6) is 1.27. The quantitative estimate of drug-likeness (QED) is 0.504. The number of nitrogens with zero attached hydrogens (tertiary/aromatic N) is 5. The first kappa shape index (κ1) is 22.3. The number of ether oxygens (including phenoxy) is 1. The smallest absolute Gasteiger partial charge is 0.236 e. The summed E-state index contributed by atoms with van der Waals surface area (Å²) in [6, 6.07) is 0.579. The number of likely N-dealkylation sites (tertiary alicyclic amines) is 1. The summed E-state index contributed by atoms with van der Waals surface area (Å²) < 4.78 is 5.35. The van der Waals surface area contributed by atoms with E-state index in [0.29, 0.717) is 25.8 Å². The maximum atomic E-state index is 12.5. The molecule has 1 N–H and O–H groups in total. The van der Waals surface area contributed by atoms with E-state index in [4.69, 9.17) is 9.73 Å². The molecule has 29 heavy (non-hydrogen) atoms. The number of aliphatic imine (C=N–C) groups is 1. The highest BCUT2D eigenvalue weighted by atomic mass is 16.5. The molecule has 3 aliphatic rings. The number of hydrogen-bond acceptors (Lipinski definition) is 5. The highest BCUT2D eigenvalue weighted by molar-refractivity contribution is 5.80. The lowest BCUT2D eigenvalue weighted by molar-refractivity contribution is -0.136. The standard InChI is InChI=1S/C21H40N6O2/c1-3-22-21(23-17-19-7-5-6-8-25(19)4-2)27-11-9-24(10-12-27)18-20(28)26-13-15-29-16-14-26/h19H,3-18H2,1-2H3,(H,22,23). The highest BCUT2D eigenvalue weighted by Crippen LogP contribution is 2.17. The third-order valence-electron chi connectivity index (χ3n) is 6.34. The van der Waals surface area contributed by atoms with Gasteiger partial charge in [-0.2, -0.15) is 0 Å². The van der Waals surface area contributed by atoms with Crippen LogP contribution in [0.1, 0.15) is 33.1 Å². The maximum absolute atomic E-state index is 12.5. The van der Waals surface area contributed by atoms with Gasteiger partial charge in [0.25, 0.3) is 0 Å². The number of nitrogens with one attached hydrogen (secondary N) is 1. The number of piperazine rings is 1. The zero-order chi connectivity index (χ0) is 20.5. The first-order chi connectivity index (χ1) is 14.2. The van der Waals surface area contributed by atoms with Gasteiger partial charge >= 0.3 is 0 Å². The largest absolute Gasteiger partial charge is 0.378 e. The second-order valence-corrected chi connectivity index (χ2v) is 8.23. The van der Waals surface area contributed by atoms with Crippen LogP contribution in [0.25, 0.3) is 0 Å². The van der Waals surface area contributed by atoms with Crippen LogP contribution in [-0.2, 0) is 9.53 Å². The van der Waals surface area contributed by atoms with Crippen molar-refractivity contribution >= 4 is 11.9 Å². The third-order valence-corrected chi connectivity index (χ3v) is 6.34. The molecule has 0 radical (unpaired) electrons. The molecule has 1 amide bonds. The van der Waals surface area contributed by atoms with Gasteiger partial charge in [-0.05, 0) is 32.9 Å². The van der Waals surface area contributed by atoms with Crippen molar-refractivity contribution in [1.29, 1.82) is 0 Å². The molecular weight excluding hydrogens is 368 g/mol. The van der Waals surface area contributed by atoms with E-state index in [-0.39, 0.29) is 5.91 Å². The van der Waals surface area contributed by atoms with Gasteiger partial charge in [0.15, 0.2) is 5.96 Å². The lowest BCUT2D eigenvalue weighted by atomic mass is 10.0. The number of piperidine rings is 1. The molecule has 0 aliphatic carbocycles. The summed E-state index contributed by atoms with van der Waals surface area (Å²) in [5.41, 5.74) is 0. The Kier molecular flexibility index (Phi) is 9.01. The van der Waals surface area contributed by atoms with Crippen molar-refractivity contribution in [3.63, 3.8) is 0 Å². The summed E-state index contributed by atoms with van der Waals surface area (Å²) in [6.07, 6.45) is 3.90. The minimum Gasteiger partial charge on any atom is -0.378 e. The Morgan fingerprint density at radius 2 is 1.76 bits per heavy atom. The number of guanidine groups is 1. The van der Waals surface area contributed by atoms with Crippen molar-refractivity contribution in [3.8, 4) is 0 Å². The van der Waals surface area contributed by atoms with Gasteiger partial charge in [-0.15, -0.1) is 0 Å². The number of likely N-dealkylation sites (N-methyl/N-ethyl adjacent to an activating group) is 1. The predicted octanol–water partition coefficient (Wildman–Crippen LogP) is 0.303. The topological polar surface area (TPSA) is 63.7 Å². The Morgan fingerprint density at radius 3 is 2.45 bits per heavy atom. The molecule has 0 aromatic heterocycles. The van der Waals surface area contributed by atoms with Gasteiger partial charge in [0.2, 0.25) is 5.91 Å². The Hall–Kier alpha value is -1.38. The molecule has 3 aliphatic heterocycles. The first-order valence-corrected chi connectivity index (χ1v) is 11.6. The van der Waals surface area contributed by atoms with Gasteiger partial charge in [-0.1, -0.05) is 13.3 Å². The minimum absolute atomic E-state index is 0.235. The van der Waals surface area contributed by atoms with Crippen LogP contribution in [0.5, 0.6) is 0 Å². The minimum atomic E-state index is 0.235. The Labute approximate surface area is 176 Å². The molecular formula is C21H40N6O2. The lowest BCUT2D eigenvalue weighted by Crippen LogP contribution is -2.55. The van der Waals surface area contributed by atoms with E-state index in [2.05, 4.69) is 33.9 Å². The molecule has 0 spiro atoms. The molecule has 3 saturated heterocycles. The molecule has 1 unspecified atom stereocenters. The Morgan fingerprint density at radius 1 is 1.00 bits per heavy atom. The van der Waals surface area contributed by atoms with Crippen molar-refractivity contribution in [2.75, 3.05) is 85.2 Å². The van der Waals surface area contributed by atoms with E-state index in [9.17, 15) is 4.79 Å². The van der Waals surface area contributed by atoms with E-state index < -0.39 is 0 Å². The van der Waals surface area contributed by atoms with Crippen LogP contribution in [0, 0.1) is 0 Å². The number of carbonyl (C=O) groups is 1. The Bertz CT molecular complexity index is 529. The van der Waals surface area contributed by atoms with Gasteiger partial charge in [0, 0.05) is 51.9 Å². The van der Waals surface area contributed by atoms with E-state index in [1.165, 1.54) is 25.8 Å². The van der Waals surface area contributed by atoms with Crippen molar-refractivity contribution in [2.45, 2.75) is 39.2 Å². The average Bonchev–Trinajstić information content (AvgIpc) is 2.78. The molecule has 0 saturated carbocycles. The zero-order valence-corrected chi connectivity index (χ0v) is 18.4. The van der Waals surface area contributed by atoms with E-state index in [1.807, 2.05) is 4.90 Å². The predicted molar refractivity (Wildman–Crippen MR) is 116 cm³/mol. The SMILES string of the molecule is CCNC(=NCC1CCCCN1CC)N1CCN(CC(=O)N2CCOCC2)CC1. The van der Waals surface area contributed by atoms with Crippen LogP contribution in [0.15, 0.2) is 4.99 Å². The summed E-state index contributed by atoms with van der Waals surface area (Å²) in [5, 5.41) is 3.48. The van der Waals surface area contributed by atoms with Crippen LogP contribution >= 0.6 is 0 Å². The zero-order valence-electron chi connectivity index (χ0n) is 18.4. The summed E-state index contributed by atoms with van der Waals surface area (Å²) in [4.78, 5) is 26.6. The van der Waals surface area contributed by atoms with Crippen LogP contribution in [-0.4, -0.2) is 123 Å². The molecule has 8 heteroatoms. The van der Waals surface area contributed by atoms with Crippen molar-refractivity contribution in [2.24, 2.45) is 4.99 Å². The van der Waals surface area contributed by atoms with Crippen molar-refractivity contribution < 1.29 is 9.53 Å². The van der Waals surface area contributed by atoms with Crippen LogP contribution in [0.2, 0.25) is 0 Å². The fourth-order valence-electron chi connectivity index (χ4n) is 4.52.